The fourth-order valence-corrected chi connectivity index (χ4v) is 4.14. The number of pyridine rings is 3. The Bertz CT molecular complexity index is 1750. The van der Waals surface area contributed by atoms with Gasteiger partial charge in [0.05, 0.1) is 30.8 Å². The lowest BCUT2D eigenvalue weighted by Gasteiger charge is -2.12. The molecule has 5 rings (SSSR count). The first-order chi connectivity index (χ1) is 18.6. The lowest BCUT2D eigenvalue weighted by atomic mass is 10.2. The van der Waals surface area contributed by atoms with Crippen LogP contribution in [-0.2, 0) is 25.0 Å². The van der Waals surface area contributed by atoms with Crippen LogP contribution in [-0.4, -0.2) is 49.0 Å². The zero-order valence-electron chi connectivity index (χ0n) is 20.8. The van der Waals surface area contributed by atoms with Gasteiger partial charge in [-0.1, -0.05) is 11.6 Å². The highest BCUT2D eigenvalue weighted by Gasteiger charge is 2.32. The van der Waals surface area contributed by atoms with E-state index in [2.05, 4.69) is 20.4 Å². The van der Waals surface area contributed by atoms with E-state index in [1.165, 1.54) is 24.0 Å². The molecule has 0 bridgehead atoms. The van der Waals surface area contributed by atoms with Crippen molar-refractivity contribution in [2.45, 2.75) is 6.18 Å². The number of fused-ring (bicyclic) bond motifs is 2. The molecular formula is C24H21ClF3N7O4. The second kappa shape index (κ2) is 10.1. The SMILES string of the molecule is COCCOc1ccc2c(Oc3cnc4nc(Nc5cc(C(F)(F)F)cn(C)c5=O)n(C)c4c3Cl)cnn2c1. The molecule has 0 saturated heterocycles. The molecular weight excluding hydrogens is 543 g/mol. The highest BCUT2D eigenvalue weighted by atomic mass is 35.5. The maximum Gasteiger partial charge on any atom is 0.417 e. The topological polar surface area (TPSA) is 110 Å². The molecule has 0 fully saturated rings. The summed E-state index contributed by atoms with van der Waals surface area (Å²) in [7, 11) is 4.39. The van der Waals surface area contributed by atoms with Gasteiger partial charge in [-0.25, -0.2) is 9.50 Å². The molecule has 1 N–H and O–H groups in total. The van der Waals surface area contributed by atoms with Gasteiger partial charge < -0.3 is 28.7 Å². The number of rotatable bonds is 8. The minimum atomic E-state index is -4.64. The summed E-state index contributed by atoms with van der Waals surface area (Å²) in [5.41, 5.74) is -0.795. The summed E-state index contributed by atoms with van der Waals surface area (Å²) in [6.45, 7) is 0.832. The van der Waals surface area contributed by atoms with E-state index in [-0.39, 0.29) is 28.1 Å². The first kappa shape index (κ1) is 26.3. The van der Waals surface area contributed by atoms with Crippen molar-refractivity contribution in [2.24, 2.45) is 14.1 Å². The minimum Gasteiger partial charge on any atom is -0.490 e. The highest BCUT2D eigenvalue weighted by molar-refractivity contribution is 6.36. The van der Waals surface area contributed by atoms with Crippen LogP contribution < -0.4 is 20.3 Å². The maximum absolute atomic E-state index is 13.3. The first-order valence-corrected chi connectivity index (χ1v) is 11.8. The molecule has 0 aliphatic carbocycles. The molecule has 11 nitrogen and oxygen atoms in total. The summed E-state index contributed by atoms with van der Waals surface area (Å²) in [5.74, 6) is 1.25. The lowest BCUT2D eigenvalue weighted by molar-refractivity contribution is -0.138. The molecule has 5 heterocycles. The third-order valence-corrected chi connectivity index (χ3v) is 6.16. The normalized spacial score (nSPS) is 11.9. The maximum atomic E-state index is 13.3. The van der Waals surface area contributed by atoms with E-state index in [0.29, 0.717) is 35.7 Å². The largest absolute Gasteiger partial charge is 0.490 e. The number of aromatic nitrogens is 6. The van der Waals surface area contributed by atoms with Crippen LogP contribution in [0.5, 0.6) is 17.2 Å². The number of imidazole rings is 1. The molecule has 0 spiro atoms. The number of nitrogens with zero attached hydrogens (tertiary/aromatic N) is 6. The van der Waals surface area contributed by atoms with Crippen LogP contribution >= 0.6 is 11.6 Å². The van der Waals surface area contributed by atoms with Crippen LogP contribution in [0.2, 0.25) is 5.02 Å². The Labute approximate surface area is 223 Å². The second-order valence-electron chi connectivity index (χ2n) is 8.43. The Kier molecular flexibility index (Phi) is 6.82. The second-order valence-corrected chi connectivity index (χ2v) is 8.81. The zero-order chi connectivity index (χ0) is 27.9. The van der Waals surface area contributed by atoms with Crippen molar-refractivity contribution < 1.29 is 27.4 Å². The van der Waals surface area contributed by atoms with Gasteiger partial charge in [0.25, 0.3) is 5.56 Å². The number of aryl methyl sites for hydroxylation is 2. The summed E-state index contributed by atoms with van der Waals surface area (Å²) in [6.07, 6.45) is 0.658. The number of hydrogen-bond acceptors (Lipinski definition) is 8. The predicted molar refractivity (Wildman–Crippen MR) is 136 cm³/mol. The van der Waals surface area contributed by atoms with Crippen molar-refractivity contribution in [3.8, 4) is 17.2 Å². The quantitative estimate of drug-likeness (QED) is 0.274. The summed E-state index contributed by atoms with van der Waals surface area (Å²) in [5, 5.41) is 7.10. The van der Waals surface area contributed by atoms with Gasteiger partial charge in [0.15, 0.2) is 17.1 Å². The summed E-state index contributed by atoms with van der Waals surface area (Å²) in [6, 6.07) is 4.26. The smallest absolute Gasteiger partial charge is 0.417 e. The summed E-state index contributed by atoms with van der Waals surface area (Å²) in [4.78, 5) is 21.1. The van der Waals surface area contributed by atoms with Gasteiger partial charge in [-0.15, -0.1) is 0 Å². The number of anilines is 2. The van der Waals surface area contributed by atoms with Gasteiger partial charge in [-0.05, 0) is 18.2 Å². The Balaban J connectivity index is 1.45. The van der Waals surface area contributed by atoms with Gasteiger partial charge in [0.2, 0.25) is 5.95 Å². The third kappa shape index (κ3) is 5.07. The summed E-state index contributed by atoms with van der Waals surface area (Å²) < 4.78 is 60.3. The molecule has 0 amide bonds. The fraction of sp³-hybridized carbons (Fsp3) is 0.250. The van der Waals surface area contributed by atoms with Crippen molar-refractivity contribution >= 4 is 39.9 Å². The Hall–Kier alpha value is -4.30. The van der Waals surface area contributed by atoms with E-state index in [4.69, 9.17) is 25.8 Å². The molecule has 5 aromatic heterocycles. The molecule has 5 aromatic rings. The third-order valence-electron chi connectivity index (χ3n) is 5.79. The van der Waals surface area contributed by atoms with Crippen LogP contribution in [0.25, 0.3) is 16.7 Å². The molecule has 15 heteroatoms. The van der Waals surface area contributed by atoms with Crippen LogP contribution in [0.1, 0.15) is 5.56 Å². The van der Waals surface area contributed by atoms with E-state index in [9.17, 15) is 18.0 Å². The van der Waals surface area contributed by atoms with Gasteiger partial charge in [0, 0.05) is 27.4 Å². The van der Waals surface area contributed by atoms with E-state index in [1.54, 1.807) is 37.0 Å². The van der Waals surface area contributed by atoms with Crippen LogP contribution in [0.4, 0.5) is 24.8 Å². The van der Waals surface area contributed by atoms with Crippen molar-refractivity contribution in [3.63, 3.8) is 0 Å². The molecule has 39 heavy (non-hydrogen) atoms. The van der Waals surface area contributed by atoms with Crippen molar-refractivity contribution in [1.82, 2.24) is 28.7 Å². The Morgan fingerprint density at radius 3 is 2.64 bits per heavy atom. The van der Waals surface area contributed by atoms with Crippen LogP contribution in [0.15, 0.2) is 47.8 Å². The van der Waals surface area contributed by atoms with Crippen molar-refractivity contribution in [1.29, 1.82) is 0 Å². The summed E-state index contributed by atoms with van der Waals surface area (Å²) >= 11 is 6.64. The monoisotopic (exact) mass is 563 g/mol. The minimum absolute atomic E-state index is 0.0601. The Morgan fingerprint density at radius 2 is 1.90 bits per heavy atom. The molecule has 0 atom stereocenters. The van der Waals surface area contributed by atoms with Gasteiger partial charge in [-0.2, -0.15) is 23.3 Å². The van der Waals surface area contributed by atoms with Crippen molar-refractivity contribution in [3.05, 3.63) is 63.9 Å². The average molecular weight is 564 g/mol. The molecule has 0 aliphatic heterocycles. The van der Waals surface area contributed by atoms with Crippen LogP contribution in [0.3, 0.4) is 0 Å². The standard InChI is InChI=1S/C24H21ClF3N7O4/c1-33-11-13(24(26,27)28)8-15(22(33)36)31-23-32-21-20(34(23)2)19(25)18(9-29-21)39-17-10-30-35-12-14(4-5-16(17)35)38-7-6-37-3/h4-5,8-12H,6-7H2,1-3H3,(H,29,31,32). The van der Waals surface area contributed by atoms with Crippen LogP contribution in [0, 0.1) is 0 Å². The number of nitrogens with one attached hydrogen (secondary N) is 1. The first-order valence-electron chi connectivity index (χ1n) is 11.4. The number of alkyl halides is 3. The molecule has 0 unspecified atom stereocenters. The zero-order valence-corrected chi connectivity index (χ0v) is 21.5. The van der Waals surface area contributed by atoms with E-state index >= 15 is 0 Å². The van der Waals surface area contributed by atoms with Gasteiger partial charge in [-0.3, -0.25) is 4.79 Å². The highest BCUT2D eigenvalue weighted by Crippen LogP contribution is 2.37. The van der Waals surface area contributed by atoms with E-state index < -0.39 is 17.3 Å². The van der Waals surface area contributed by atoms with E-state index in [0.717, 1.165) is 16.8 Å². The van der Waals surface area contributed by atoms with Gasteiger partial charge in [0.1, 0.15) is 34.1 Å². The molecule has 0 aliphatic rings. The molecule has 0 aromatic carbocycles. The Morgan fingerprint density at radius 1 is 1.10 bits per heavy atom. The molecule has 0 radical (unpaired) electrons. The van der Waals surface area contributed by atoms with Crippen molar-refractivity contribution in [2.75, 3.05) is 25.6 Å². The number of methoxy groups -OCH3 is 1. The fourth-order valence-electron chi connectivity index (χ4n) is 3.84. The lowest BCUT2D eigenvalue weighted by Crippen LogP contribution is -2.23. The number of hydrogen-bond donors (Lipinski definition) is 1. The predicted octanol–water partition coefficient (Wildman–Crippen LogP) is 4.55. The molecule has 0 saturated carbocycles. The molecule has 204 valence electrons. The number of halogens is 4. The average Bonchev–Trinajstić information content (AvgIpc) is 3.43. The van der Waals surface area contributed by atoms with Gasteiger partial charge >= 0.3 is 6.18 Å². The van der Waals surface area contributed by atoms with E-state index in [1.807, 2.05) is 0 Å². The number of ether oxygens (including phenoxy) is 3.